The molecule has 0 unspecified atom stereocenters. The van der Waals surface area contributed by atoms with Gasteiger partial charge in [-0.15, -0.1) is 0 Å². The molecule has 1 aromatic heterocycles. The molecule has 0 bridgehead atoms. The second kappa shape index (κ2) is 9.24. The van der Waals surface area contributed by atoms with Crippen LogP contribution in [0.5, 0.6) is 0 Å². The smallest absolute Gasteiger partial charge is 0.416 e. The van der Waals surface area contributed by atoms with E-state index in [1.54, 1.807) is 12.1 Å². The number of carbonyl (C=O) groups is 2. The van der Waals surface area contributed by atoms with Crippen LogP contribution in [0.2, 0.25) is 0 Å². The molecule has 176 valence electrons. The fourth-order valence-corrected chi connectivity index (χ4v) is 3.95. The summed E-state index contributed by atoms with van der Waals surface area (Å²) in [6, 6.07) is 10.8. The van der Waals surface area contributed by atoms with Gasteiger partial charge in [-0.25, -0.2) is 9.48 Å². The Morgan fingerprint density at radius 2 is 1.76 bits per heavy atom. The first-order valence-corrected chi connectivity index (χ1v) is 10.7. The van der Waals surface area contributed by atoms with Crippen molar-refractivity contribution in [1.82, 2.24) is 9.78 Å². The summed E-state index contributed by atoms with van der Waals surface area (Å²) in [6.07, 6.45) is -0.549. The monoisotopic (exact) mass is 470 g/mol. The van der Waals surface area contributed by atoms with E-state index in [2.05, 4.69) is 5.10 Å². The molecule has 1 aliphatic rings. The van der Waals surface area contributed by atoms with Gasteiger partial charge in [-0.05, 0) is 68.0 Å². The number of hydrogen-bond acceptors (Lipinski definition) is 5. The lowest BCUT2D eigenvalue weighted by Gasteiger charge is -2.16. The predicted molar refractivity (Wildman–Crippen MR) is 117 cm³/mol. The minimum absolute atomic E-state index is 0.0199. The number of hydrogen-bond donors (Lipinski definition) is 0. The van der Waals surface area contributed by atoms with Gasteiger partial charge in [-0.2, -0.15) is 18.3 Å². The lowest BCUT2D eigenvalue weighted by molar-refractivity contribution is -0.137. The Morgan fingerprint density at radius 1 is 1.03 bits per heavy atom. The molecular weight excluding hydrogens is 449 g/mol. The highest BCUT2D eigenvalue weighted by molar-refractivity contribution is 5.99. The van der Waals surface area contributed by atoms with Crippen molar-refractivity contribution in [2.24, 2.45) is 0 Å². The van der Waals surface area contributed by atoms with Gasteiger partial charge in [0.1, 0.15) is 0 Å². The van der Waals surface area contributed by atoms with Gasteiger partial charge in [-0.1, -0.05) is 18.2 Å². The van der Waals surface area contributed by atoms with Crippen molar-refractivity contribution in [3.63, 3.8) is 0 Å². The van der Waals surface area contributed by atoms with Crippen LogP contribution >= 0.6 is 0 Å². The van der Waals surface area contributed by atoms with Crippen LogP contribution in [0.1, 0.15) is 56.1 Å². The summed E-state index contributed by atoms with van der Waals surface area (Å²) in [5.41, 5.74) is 0.688. The number of esters is 1. The topological polar surface area (TPSA) is 78.3 Å². The molecule has 0 aliphatic heterocycles. The van der Waals surface area contributed by atoms with Crippen molar-refractivity contribution < 1.29 is 27.5 Å². The van der Waals surface area contributed by atoms with Gasteiger partial charge in [0.25, 0.3) is 0 Å². The third-order valence-corrected chi connectivity index (χ3v) is 5.72. The first-order chi connectivity index (χ1) is 16.1. The van der Waals surface area contributed by atoms with Gasteiger partial charge in [0.15, 0.2) is 12.4 Å². The number of aromatic nitrogens is 2. The van der Waals surface area contributed by atoms with E-state index in [0.29, 0.717) is 5.56 Å². The third kappa shape index (κ3) is 4.93. The van der Waals surface area contributed by atoms with Crippen molar-refractivity contribution >= 4 is 11.8 Å². The summed E-state index contributed by atoms with van der Waals surface area (Å²) >= 11 is 0. The quantitative estimate of drug-likeness (QED) is 0.406. The Labute approximate surface area is 193 Å². The Morgan fingerprint density at radius 3 is 2.50 bits per heavy atom. The van der Waals surface area contributed by atoms with E-state index < -0.39 is 41.2 Å². The Balaban J connectivity index is 1.54. The third-order valence-electron chi connectivity index (χ3n) is 5.72. The maximum Gasteiger partial charge on any atom is 0.416 e. The number of halogens is 3. The molecule has 1 heterocycles. The predicted octanol–water partition coefficient (Wildman–Crippen LogP) is 4.48. The van der Waals surface area contributed by atoms with Crippen molar-refractivity contribution in [1.29, 1.82) is 0 Å². The molecule has 0 saturated heterocycles. The molecule has 9 heteroatoms. The Hall–Kier alpha value is -3.75. The summed E-state index contributed by atoms with van der Waals surface area (Å²) in [7, 11) is 0. The van der Waals surface area contributed by atoms with Crippen LogP contribution < -0.4 is 5.43 Å². The Bertz CT molecular complexity index is 1330. The van der Waals surface area contributed by atoms with Crippen LogP contribution in [0.4, 0.5) is 13.2 Å². The van der Waals surface area contributed by atoms with Crippen molar-refractivity contribution in [3.05, 3.63) is 92.4 Å². The zero-order chi connectivity index (χ0) is 24.5. The van der Waals surface area contributed by atoms with Gasteiger partial charge < -0.3 is 4.74 Å². The number of Topliss-reactive ketones (excluding diaryl/α,β-unsaturated/α-hetero) is 1. The van der Waals surface area contributed by atoms with E-state index in [0.717, 1.165) is 54.1 Å². The van der Waals surface area contributed by atoms with E-state index in [1.807, 2.05) is 6.07 Å². The van der Waals surface area contributed by atoms with Crippen LogP contribution in [0, 0.1) is 6.92 Å². The van der Waals surface area contributed by atoms with Crippen molar-refractivity contribution in [2.75, 3.05) is 6.61 Å². The average molecular weight is 470 g/mol. The number of fused-ring (bicyclic) bond motifs is 1. The number of carbonyl (C=O) groups excluding carboxylic acids is 2. The minimum atomic E-state index is -4.57. The standard InChI is InChI=1S/C25H21F3N2O4/c1-15-11-21(31)23(29-30(15)20-8-4-7-19(13-20)25(26,27)28)24(33)34-14-22(32)18-10-9-16-5-2-3-6-17(16)12-18/h4,7-13H,2-3,5-6,14H2,1H3. The number of rotatable bonds is 5. The van der Waals surface area contributed by atoms with Crippen LogP contribution in [0.25, 0.3) is 5.69 Å². The molecule has 0 fully saturated rings. The summed E-state index contributed by atoms with van der Waals surface area (Å²) in [6.45, 7) is 0.888. The van der Waals surface area contributed by atoms with E-state index >= 15 is 0 Å². The van der Waals surface area contributed by atoms with Gasteiger partial charge >= 0.3 is 12.1 Å². The molecule has 0 saturated carbocycles. The largest absolute Gasteiger partial charge is 0.452 e. The molecule has 3 aromatic rings. The SMILES string of the molecule is Cc1cc(=O)c(C(=O)OCC(=O)c2ccc3c(c2)CCCC3)nn1-c1cccc(C(F)(F)F)c1. The molecule has 0 spiro atoms. The molecular formula is C25H21F3N2O4. The molecule has 4 rings (SSSR count). The molecule has 1 aliphatic carbocycles. The first-order valence-electron chi connectivity index (χ1n) is 10.7. The van der Waals surface area contributed by atoms with Gasteiger partial charge in [0.2, 0.25) is 11.1 Å². The maximum atomic E-state index is 13.1. The fourth-order valence-electron chi connectivity index (χ4n) is 3.95. The number of ketones is 1. The summed E-state index contributed by atoms with van der Waals surface area (Å²) in [4.78, 5) is 37.4. The normalized spacial score (nSPS) is 13.3. The second-order valence-corrected chi connectivity index (χ2v) is 8.15. The highest BCUT2D eigenvalue weighted by atomic mass is 19.4. The van der Waals surface area contributed by atoms with Crippen LogP contribution in [0.15, 0.2) is 53.3 Å². The van der Waals surface area contributed by atoms with Gasteiger partial charge in [0.05, 0.1) is 11.3 Å². The highest BCUT2D eigenvalue weighted by Crippen LogP contribution is 2.30. The van der Waals surface area contributed by atoms with E-state index in [9.17, 15) is 27.6 Å². The van der Waals surface area contributed by atoms with Crippen LogP contribution in [-0.2, 0) is 23.8 Å². The minimum Gasteiger partial charge on any atom is -0.452 e. The first kappa shape index (κ1) is 23.4. The molecule has 0 atom stereocenters. The molecule has 0 radical (unpaired) electrons. The van der Waals surface area contributed by atoms with Crippen LogP contribution in [0.3, 0.4) is 0 Å². The number of alkyl halides is 3. The summed E-state index contributed by atoms with van der Waals surface area (Å²) < 4.78 is 45.3. The van der Waals surface area contributed by atoms with Gasteiger partial charge in [-0.3, -0.25) is 9.59 Å². The van der Waals surface area contributed by atoms with Crippen LogP contribution in [-0.4, -0.2) is 28.1 Å². The molecule has 2 aromatic carbocycles. The second-order valence-electron chi connectivity index (χ2n) is 8.15. The zero-order valence-corrected chi connectivity index (χ0v) is 18.3. The molecule has 34 heavy (non-hydrogen) atoms. The molecule has 6 nitrogen and oxygen atoms in total. The number of aryl methyl sites for hydroxylation is 3. The van der Waals surface area contributed by atoms with E-state index in [4.69, 9.17) is 4.74 Å². The maximum absolute atomic E-state index is 13.1. The molecule has 0 amide bonds. The lowest BCUT2D eigenvalue weighted by atomic mass is 9.90. The van der Waals surface area contributed by atoms with Gasteiger partial charge in [0, 0.05) is 17.3 Å². The zero-order valence-electron chi connectivity index (χ0n) is 18.3. The number of nitrogens with zero attached hydrogens (tertiary/aromatic N) is 2. The summed E-state index contributed by atoms with van der Waals surface area (Å²) in [5, 5.41) is 3.92. The van der Waals surface area contributed by atoms with E-state index in [-0.39, 0.29) is 11.4 Å². The van der Waals surface area contributed by atoms with Crippen molar-refractivity contribution in [2.45, 2.75) is 38.8 Å². The van der Waals surface area contributed by atoms with E-state index in [1.165, 1.54) is 24.6 Å². The fraction of sp³-hybridized carbons (Fsp3) is 0.280. The number of benzene rings is 2. The lowest BCUT2D eigenvalue weighted by Crippen LogP contribution is -2.26. The molecule has 0 N–H and O–H groups in total. The number of ether oxygens (including phenoxy) is 1. The highest BCUT2D eigenvalue weighted by Gasteiger charge is 2.30. The Kier molecular flexibility index (Phi) is 6.37. The van der Waals surface area contributed by atoms with Crippen molar-refractivity contribution in [3.8, 4) is 5.69 Å². The summed E-state index contributed by atoms with van der Waals surface area (Å²) in [5.74, 6) is -1.55. The average Bonchev–Trinajstić information content (AvgIpc) is 2.81.